The summed E-state index contributed by atoms with van der Waals surface area (Å²) in [5.74, 6) is 0.663. The third-order valence-corrected chi connectivity index (χ3v) is 4.40. The number of para-hydroxylation sites is 1. The van der Waals surface area contributed by atoms with Crippen LogP contribution < -0.4 is 15.8 Å². The number of hydrogen-bond donors (Lipinski definition) is 2. The van der Waals surface area contributed by atoms with E-state index >= 15 is 0 Å². The summed E-state index contributed by atoms with van der Waals surface area (Å²) in [5, 5.41) is 2.92. The Labute approximate surface area is 163 Å². The van der Waals surface area contributed by atoms with Crippen molar-refractivity contribution in [2.45, 2.75) is 25.8 Å². The molecule has 0 saturated carbocycles. The molecular weight excluding hydrogens is 404 g/mol. The Hall–Kier alpha value is -1.56. The first-order chi connectivity index (χ1) is 11.4. The lowest BCUT2D eigenvalue weighted by Gasteiger charge is -2.24. The summed E-state index contributed by atoms with van der Waals surface area (Å²) in [6.07, 6.45) is 0.693. The highest BCUT2D eigenvalue weighted by Crippen LogP contribution is 2.21. The van der Waals surface area contributed by atoms with Crippen molar-refractivity contribution in [3.8, 4) is 5.75 Å². The smallest absolute Gasteiger partial charge is 0.244 e. The molecule has 3 N–H and O–H groups in total. The Bertz CT molecular complexity index is 690. The zero-order valence-electron chi connectivity index (χ0n) is 14.4. The second-order valence-corrected chi connectivity index (χ2v) is 6.67. The first-order valence-electron chi connectivity index (χ1n) is 7.99. The van der Waals surface area contributed by atoms with Crippen LogP contribution >= 0.6 is 28.3 Å². The number of carbonyl (C=O) groups excluding carboxylic acids is 1. The van der Waals surface area contributed by atoms with Gasteiger partial charge in [0.15, 0.2) is 0 Å². The predicted octanol–water partition coefficient (Wildman–Crippen LogP) is 3.80. The topological polar surface area (TPSA) is 64.3 Å². The number of nitrogens with one attached hydrogen (secondary N) is 1. The van der Waals surface area contributed by atoms with E-state index in [2.05, 4.69) is 21.2 Å². The van der Waals surface area contributed by atoms with Crippen molar-refractivity contribution in [3.05, 3.63) is 64.1 Å². The molecule has 25 heavy (non-hydrogen) atoms. The Morgan fingerprint density at radius 2 is 1.84 bits per heavy atom. The van der Waals surface area contributed by atoms with E-state index in [0.717, 1.165) is 21.3 Å². The van der Waals surface area contributed by atoms with E-state index in [4.69, 9.17) is 10.5 Å². The summed E-state index contributed by atoms with van der Waals surface area (Å²) in [6, 6.07) is 15.3. The van der Waals surface area contributed by atoms with Gasteiger partial charge in [0.25, 0.3) is 0 Å². The van der Waals surface area contributed by atoms with Crippen molar-refractivity contribution in [2.24, 2.45) is 5.73 Å². The van der Waals surface area contributed by atoms with Crippen LogP contribution in [0, 0.1) is 0 Å². The molecule has 0 saturated heterocycles. The van der Waals surface area contributed by atoms with Crippen molar-refractivity contribution in [1.29, 1.82) is 0 Å². The molecule has 0 spiro atoms. The third kappa shape index (κ3) is 5.73. The third-order valence-electron chi connectivity index (χ3n) is 3.87. The molecule has 2 aromatic rings. The maximum atomic E-state index is 12.5. The SMILES string of the molecule is CCOc1ccccc1CCNC(=O)C(C)(N)c1ccc(Br)cc1.Cl. The number of halogens is 2. The standard InChI is InChI=1S/C19H23BrN2O2.ClH/c1-3-24-17-7-5-4-6-14(17)12-13-22-18(23)19(2,21)15-8-10-16(20)11-9-15;/h4-11H,3,12-13,21H2,1-2H3,(H,22,23);1H. The lowest BCUT2D eigenvalue weighted by atomic mass is 9.92. The minimum atomic E-state index is -1.07. The fourth-order valence-electron chi connectivity index (χ4n) is 2.43. The van der Waals surface area contributed by atoms with E-state index in [9.17, 15) is 4.79 Å². The largest absolute Gasteiger partial charge is 0.494 e. The molecule has 0 aliphatic rings. The van der Waals surface area contributed by atoms with Gasteiger partial charge in [0.2, 0.25) is 5.91 Å². The van der Waals surface area contributed by atoms with Crippen LogP contribution in [0.2, 0.25) is 0 Å². The van der Waals surface area contributed by atoms with Crippen molar-refractivity contribution >= 4 is 34.2 Å². The zero-order chi connectivity index (χ0) is 17.6. The average Bonchev–Trinajstić information content (AvgIpc) is 2.57. The predicted molar refractivity (Wildman–Crippen MR) is 107 cm³/mol. The van der Waals surface area contributed by atoms with E-state index in [1.54, 1.807) is 6.92 Å². The molecule has 1 atom stereocenters. The Kier molecular flexibility index (Phi) is 8.42. The van der Waals surface area contributed by atoms with Gasteiger partial charge in [0.1, 0.15) is 11.3 Å². The number of nitrogens with two attached hydrogens (primary N) is 1. The maximum absolute atomic E-state index is 12.5. The average molecular weight is 428 g/mol. The summed E-state index contributed by atoms with van der Waals surface area (Å²) in [7, 11) is 0. The number of benzene rings is 2. The summed E-state index contributed by atoms with van der Waals surface area (Å²) in [6.45, 7) is 4.80. The number of rotatable bonds is 7. The lowest BCUT2D eigenvalue weighted by molar-refractivity contribution is -0.126. The highest BCUT2D eigenvalue weighted by Gasteiger charge is 2.30. The van der Waals surface area contributed by atoms with Crippen LogP contribution in [-0.4, -0.2) is 19.1 Å². The van der Waals surface area contributed by atoms with Gasteiger partial charge in [-0.2, -0.15) is 0 Å². The summed E-state index contributed by atoms with van der Waals surface area (Å²) in [4.78, 5) is 12.5. The molecule has 4 nitrogen and oxygen atoms in total. The number of carbonyl (C=O) groups is 1. The quantitative estimate of drug-likeness (QED) is 0.706. The van der Waals surface area contributed by atoms with E-state index in [1.807, 2.05) is 55.5 Å². The van der Waals surface area contributed by atoms with E-state index in [-0.39, 0.29) is 18.3 Å². The fraction of sp³-hybridized carbons (Fsp3) is 0.316. The van der Waals surface area contributed by atoms with Gasteiger partial charge in [-0.25, -0.2) is 0 Å². The van der Waals surface area contributed by atoms with Gasteiger partial charge >= 0.3 is 0 Å². The normalized spacial score (nSPS) is 12.6. The van der Waals surface area contributed by atoms with Crippen molar-refractivity contribution in [1.82, 2.24) is 5.32 Å². The van der Waals surface area contributed by atoms with E-state index < -0.39 is 5.54 Å². The van der Waals surface area contributed by atoms with Gasteiger partial charge in [-0.1, -0.05) is 46.3 Å². The van der Waals surface area contributed by atoms with Crippen LogP contribution in [-0.2, 0) is 16.8 Å². The lowest BCUT2D eigenvalue weighted by Crippen LogP contribution is -2.49. The minimum Gasteiger partial charge on any atom is -0.494 e. The van der Waals surface area contributed by atoms with E-state index in [0.29, 0.717) is 19.6 Å². The molecule has 2 aromatic carbocycles. The van der Waals surface area contributed by atoms with Crippen LogP contribution in [0.25, 0.3) is 0 Å². The van der Waals surface area contributed by atoms with Crippen LogP contribution in [0.15, 0.2) is 53.0 Å². The van der Waals surface area contributed by atoms with Crippen molar-refractivity contribution in [2.75, 3.05) is 13.2 Å². The van der Waals surface area contributed by atoms with Gasteiger partial charge in [-0.05, 0) is 49.6 Å². The number of hydrogen-bond acceptors (Lipinski definition) is 3. The molecule has 6 heteroatoms. The van der Waals surface area contributed by atoms with Gasteiger partial charge in [0.05, 0.1) is 6.61 Å². The molecule has 0 radical (unpaired) electrons. The highest BCUT2D eigenvalue weighted by atomic mass is 79.9. The van der Waals surface area contributed by atoms with Gasteiger partial charge in [-0.3, -0.25) is 4.79 Å². The molecular formula is C19H24BrClN2O2. The molecule has 2 rings (SSSR count). The minimum absolute atomic E-state index is 0. The Morgan fingerprint density at radius 3 is 2.48 bits per heavy atom. The van der Waals surface area contributed by atoms with E-state index in [1.165, 1.54) is 0 Å². The highest BCUT2D eigenvalue weighted by molar-refractivity contribution is 9.10. The number of amides is 1. The molecule has 1 unspecified atom stereocenters. The molecule has 0 aliphatic carbocycles. The fourth-order valence-corrected chi connectivity index (χ4v) is 2.69. The maximum Gasteiger partial charge on any atom is 0.244 e. The molecule has 0 bridgehead atoms. The monoisotopic (exact) mass is 426 g/mol. The summed E-state index contributed by atoms with van der Waals surface area (Å²) < 4.78 is 6.55. The van der Waals surface area contributed by atoms with Gasteiger partial charge in [0, 0.05) is 11.0 Å². The van der Waals surface area contributed by atoms with Crippen LogP contribution in [0.5, 0.6) is 5.75 Å². The van der Waals surface area contributed by atoms with Gasteiger partial charge in [-0.15, -0.1) is 12.4 Å². The molecule has 0 aliphatic heterocycles. The van der Waals surface area contributed by atoms with Crippen molar-refractivity contribution < 1.29 is 9.53 Å². The van der Waals surface area contributed by atoms with Gasteiger partial charge < -0.3 is 15.8 Å². The Morgan fingerprint density at radius 1 is 1.20 bits per heavy atom. The Balaban J connectivity index is 0.00000312. The molecule has 0 heterocycles. The molecule has 136 valence electrons. The first kappa shape index (κ1) is 21.5. The van der Waals surface area contributed by atoms with Crippen LogP contribution in [0.1, 0.15) is 25.0 Å². The molecule has 0 aromatic heterocycles. The van der Waals surface area contributed by atoms with Crippen LogP contribution in [0.3, 0.4) is 0 Å². The first-order valence-corrected chi connectivity index (χ1v) is 8.78. The van der Waals surface area contributed by atoms with Crippen LogP contribution in [0.4, 0.5) is 0 Å². The number of ether oxygens (including phenoxy) is 1. The summed E-state index contributed by atoms with van der Waals surface area (Å²) in [5.41, 5.74) is 7.01. The van der Waals surface area contributed by atoms with Crippen molar-refractivity contribution in [3.63, 3.8) is 0 Å². The second kappa shape index (κ2) is 9.80. The zero-order valence-corrected chi connectivity index (χ0v) is 16.8. The summed E-state index contributed by atoms with van der Waals surface area (Å²) >= 11 is 3.38. The second-order valence-electron chi connectivity index (χ2n) is 5.76. The molecule has 1 amide bonds. The molecule has 0 fully saturated rings.